The maximum absolute atomic E-state index is 13.5. The molecular formula is C18H25F2N3O. The number of benzene rings is 1. The molecule has 1 aliphatic heterocycles. The molecule has 1 saturated heterocycles. The van der Waals surface area contributed by atoms with Crippen LogP contribution in [0.4, 0.5) is 8.78 Å². The summed E-state index contributed by atoms with van der Waals surface area (Å²) >= 11 is 0. The highest BCUT2D eigenvalue weighted by atomic mass is 19.1. The molecule has 1 aromatic carbocycles. The average molecular weight is 337 g/mol. The van der Waals surface area contributed by atoms with Gasteiger partial charge in [-0.05, 0) is 31.7 Å². The van der Waals surface area contributed by atoms with E-state index in [4.69, 9.17) is 0 Å². The smallest absolute Gasteiger partial charge is 0.244 e. The number of carbonyl (C=O) groups excluding carboxylic acids is 1. The number of carbonyl (C=O) groups is 1. The van der Waals surface area contributed by atoms with Crippen molar-refractivity contribution in [3.05, 3.63) is 41.5 Å². The van der Waals surface area contributed by atoms with E-state index in [2.05, 4.69) is 29.0 Å². The van der Waals surface area contributed by atoms with Crippen molar-refractivity contribution >= 4 is 12.0 Å². The van der Waals surface area contributed by atoms with Gasteiger partial charge in [0.25, 0.3) is 0 Å². The summed E-state index contributed by atoms with van der Waals surface area (Å²) in [5.41, 5.74) is -0.198. The van der Waals surface area contributed by atoms with Crippen molar-refractivity contribution in [3.63, 3.8) is 0 Å². The number of nitrogens with zero attached hydrogens (tertiary/aromatic N) is 2. The van der Waals surface area contributed by atoms with Gasteiger partial charge in [-0.1, -0.05) is 13.0 Å². The van der Waals surface area contributed by atoms with Crippen molar-refractivity contribution < 1.29 is 13.6 Å². The van der Waals surface area contributed by atoms with Gasteiger partial charge in [-0.2, -0.15) is 0 Å². The molecule has 0 aliphatic carbocycles. The molecule has 0 unspecified atom stereocenters. The monoisotopic (exact) mass is 337 g/mol. The predicted molar refractivity (Wildman–Crippen MR) is 91.6 cm³/mol. The van der Waals surface area contributed by atoms with Crippen molar-refractivity contribution in [2.24, 2.45) is 0 Å². The molecule has 1 amide bonds. The lowest BCUT2D eigenvalue weighted by Gasteiger charge is -2.37. The van der Waals surface area contributed by atoms with Crippen LogP contribution in [-0.4, -0.2) is 61.0 Å². The van der Waals surface area contributed by atoms with Gasteiger partial charge in [0.05, 0.1) is 0 Å². The molecule has 4 nitrogen and oxygen atoms in total. The van der Waals surface area contributed by atoms with Crippen molar-refractivity contribution in [2.75, 3.05) is 39.3 Å². The third kappa shape index (κ3) is 5.11. The molecule has 1 aromatic rings. The molecule has 1 N–H and O–H groups in total. The maximum Gasteiger partial charge on any atom is 0.244 e. The number of piperazine rings is 1. The van der Waals surface area contributed by atoms with Crippen LogP contribution in [0.15, 0.2) is 24.3 Å². The summed E-state index contributed by atoms with van der Waals surface area (Å²) in [6.07, 6.45) is 2.34. The first-order valence-electron chi connectivity index (χ1n) is 8.37. The lowest BCUT2D eigenvalue weighted by atomic mass is 10.2. The Labute approximate surface area is 142 Å². The lowest BCUT2D eigenvalue weighted by molar-refractivity contribution is -0.116. The summed E-state index contributed by atoms with van der Waals surface area (Å²) in [7, 11) is 0. The van der Waals surface area contributed by atoms with Gasteiger partial charge in [0.2, 0.25) is 5.91 Å². The Hall–Kier alpha value is -1.79. The molecule has 6 heteroatoms. The second-order valence-electron chi connectivity index (χ2n) is 6.03. The van der Waals surface area contributed by atoms with Gasteiger partial charge in [0, 0.05) is 50.4 Å². The minimum atomic E-state index is -0.679. The highest BCUT2D eigenvalue weighted by molar-refractivity contribution is 5.91. The standard InChI is InChI=1S/C18H25F2N3O/c1-3-22-9-11-23(12-10-22)14(2)13-21-18(24)8-7-15-16(19)5-4-6-17(15)20/h4-8,14H,3,9-13H2,1-2H3,(H,21,24)/b8-7-/t14-/m1/s1. The van der Waals surface area contributed by atoms with Crippen molar-refractivity contribution in [1.29, 1.82) is 0 Å². The highest BCUT2D eigenvalue weighted by Crippen LogP contribution is 2.13. The third-order valence-electron chi connectivity index (χ3n) is 4.45. The van der Waals surface area contributed by atoms with Crippen LogP contribution < -0.4 is 5.32 Å². The Morgan fingerprint density at radius 1 is 1.25 bits per heavy atom. The molecule has 132 valence electrons. The van der Waals surface area contributed by atoms with Gasteiger partial charge in [-0.15, -0.1) is 0 Å². The zero-order valence-corrected chi connectivity index (χ0v) is 14.3. The van der Waals surface area contributed by atoms with E-state index in [1.165, 1.54) is 30.4 Å². The molecule has 0 spiro atoms. The zero-order chi connectivity index (χ0) is 17.5. The zero-order valence-electron chi connectivity index (χ0n) is 14.3. The van der Waals surface area contributed by atoms with Crippen molar-refractivity contribution in [3.8, 4) is 0 Å². The summed E-state index contributed by atoms with van der Waals surface area (Å²) in [6.45, 7) is 9.86. The molecule has 1 aliphatic rings. The van der Waals surface area contributed by atoms with Gasteiger partial charge in [-0.25, -0.2) is 8.78 Å². The fourth-order valence-electron chi connectivity index (χ4n) is 2.79. The predicted octanol–water partition coefficient (Wildman–Crippen LogP) is 2.12. The molecule has 0 radical (unpaired) electrons. The molecule has 0 bridgehead atoms. The normalized spacial score (nSPS) is 18.0. The molecule has 0 saturated carbocycles. The number of hydrogen-bond donors (Lipinski definition) is 1. The van der Waals surface area contributed by atoms with Crippen molar-refractivity contribution in [1.82, 2.24) is 15.1 Å². The van der Waals surface area contributed by atoms with Crippen LogP contribution in [0, 0.1) is 11.6 Å². The summed E-state index contributed by atoms with van der Waals surface area (Å²) in [6, 6.07) is 3.85. The van der Waals surface area contributed by atoms with Gasteiger partial charge in [-0.3, -0.25) is 9.69 Å². The largest absolute Gasteiger partial charge is 0.351 e. The fraction of sp³-hybridized carbons (Fsp3) is 0.500. The van der Waals surface area contributed by atoms with Crippen LogP contribution in [0.2, 0.25) is 0 Å². The second kappa shape index (κ2) is 8.89. The molecule has 1 atom stereocenters. The van der Waals surface area contributed by atoms with E-state index < -0.39 is 11.6 Å². The summed E-state index contributed by atoms with van der Waals surface area (Å²) in [4.78, 5) is 16.6. The van der Waals surface area contributed by atoms with E-state index >= 15 is 0 Å². The summed E-state index contributed by atoms with van der Waals surface area (Å²) in [5, 5.41) is 2.79. The van der Waals surface area contributed by atoms with E-state index in [1.807, 2.05) is 0 Å². The Bertz CT molecular complexity index is 563. The van der Waals surface area contributed by atoms with Crippen molar-refractivity contribution in [2.45, 2.75) is 19.9 Å². The van der Waals surface area contributed by atoms with E-state index in [1.54, 1.807) is 0 Å². The third-order valence-corrected chi connectivity index (χ3v) is 4.45. The van der Waals surface area contributed by atoms with Gasteiger partial charge < -0.3 is 10.2 Å². The van der Waals surface area contributed by atoms with Crippen LogP contribution in [0.1, 0.15) is 19.4 Å². The van der Waals surface area contributed by atoms with Crippen LogP contribution in [-0.2, 0) is 4.79 Å². The van der Waals surface area contributed by atoms with Gasteiger partial charge in [0.1, 0.15) is 11.6 Å². The topological polar surface area (TPSA) is 35.6 Å². The van der Waals surface area contributed by atoms with Crippen LogP contribution in [0.5, 0.6) is 0 Å². The number of likely N-dealkylation sites (N-methyl/N-ethyl adjacent to an activating group) is 1. The van der Waals surface area contributed by atoms with E-state index in [9.17, 15) is 13.6 Å². The molecule has 2 rings (SSSR count). The first kappa shape index (κ1) is 18.5. The van der Waals surface area contributed by atoms with Gasteiger partial charge >= 0.3 is 0 Å². The lowest BCUT2D eigenvalue weighted by Crippen LogP contribution is -2.52. The Morgan fingerprint density at radius 2 is 1.88 bits per heavy atom. The quantitative estimate of drug-likeness (QED) is 0.808. The van der Waals surface area contributed by atoms with Crippen LogP contribution in [0.3, 0.4) is 0 Å². The van der Waals surface area contributed by atoms with Crippen LogP contribution in [0.25, 0.3) is 6.08 Å². The number of halogens is 2. The SMILES string of the molecule is CCN1CCN([C@H](C)CNC(=O)/C=C\c2c(F)cccc2F)CC1. The number of amides is 1. The average Bonchev–Trinajstić information content (AvgIpc) is 2.59. The fourth-order valence-corrected chi connectivity index (χ4v) is 2.79. The van der Waals surface area contributed by atoms with Crippen LogP contribution >= 0.6 is 0 Å². The summed E-state index contributed by atoms with van der Waals surface area (Å²) < 4.78 is 27.0. The Morgan fingerprint density at radius 3 is 2.46 bits per heavy atom. The van der Waals surface area contributed by atoms with E-state index in [0.29, 0.717) is 6.54 Å². The molecule has 24 heavy (non-hydrogen) atoms. The molecular weight excluding hydrogens is 312 g/mol. The van der Waals surface area contributed by atoms with E-state index in [0.717, 1.165) is 32.7 Å². The Balaban J connectivity index is 1.80. The number of hydrogen-bond acceptors (Lipinski definition) is 3. The summed E-state index contributed by atoms with van der Waals surface area (Å²) in [5.74, 6) is -1.71. The minimum absolute atomic E-state index is 0.198. The number of rotatable bonds is 6. The number of nitrogens with one attached hydrogen (secondary N) is 1. The second-order valence-corrected chi connectivity index (χ2v) is 6.03. The maximum atomic E-state index is 13.5. The first-order valence-corrected chi connectivity index (χ1v) is 8.37. The molecule has 0 aromatic heterocycles. The van der Waals surface area contributed by atoms with Gasteiger partial charge in [0.15, 0.2) is 0 Å². The highest BCUT2D eigenvalue weighted by Gasteiger charge is 2.20. The minimum Gasteiger partial charge on any atom is -0.351 e. The Kier molecular flexibility index (Phi) is 6.87. The first-order chi connectivity index (χ1) is 11.5. The molecule has 1 heterocycles. The van der Waals surface area contributed by atoms with E-state index in [-0.39, 0.29) is 17.5 Å². The molecule has 1 fully saturated rings.